The fourth-order valence-corrected chi connectivity index (χ4v) is 3.84. The van der Waals surface area contributed by atoms with Gasteiger partial charge in [-0.2, -0.15) is 0 Å². The number of thiophene rings is 1. The van der Waals surface area contributed by atoms with Crippen LogP contribution in [0.3, 0.4) is 0 Å². The molecule has 0 aliphatic heterocycles. The lowest BCUT2D eigenvalue weighted by Gasteiger charge is -2.29. The molecular formula is C17H22N2S. The van der Waals surface area contributed by atoms with Gasteiger partial charge in [0.1, 0.15) is 0 Å². The van der Waals surface area contributed by atoms with E-state index in [1.807, 2.05) is 6.07 Å². The number of nitrogens with two attached hydrogens (primary N) is 1. The lowest BCUT2D eigenvalue weighted by atomic mass is 9.82. The molecule has 0 saturated heterocycles. The van der Waals surface area contributed by atoms with Gasteiger partial charge in [-0.05, 0) is 48.6 Å². The number of nitrogen functional groups attached to an aromatic ring is 1. The van der Waals surface area contributed by atoms with E-state index in [1.165, 1.54) is 36.1 Å². The molecule has 1 aliphatic rings. The van der Waals surface area contributed by atoms with Crippen LogP contribution in [-0.4, -0.2) is 6.04 Å². The Balaban J connectivity index is 1.48. The summed E-state index contributed by atoms with van der Waals surface area (Å²) < 4.78 is 0. The predicted molar refractivity (Wildman–Crippen MR) is 87.0 cm³/mol. The molecule has 20 heavy (non-hydrogen) atoms. The average Bonchev–Trinajstić information content (AvgIpc) is 2.92. The van der Waals surface area contributed by atoms with Crippen molar-refractivity contribution in [3.63, 3.8) is 0 Å². The smallest absolute Gasteiger partial charge is 0.0468 e. The van der Waals surface area contributed by atoms with Gasteiger partial charge in [-0.15, -0.1) is 11.3 Å². The number of benzene rings is 1. The van der Waals surface area contributed by atoms with Crippen molar-refractivity contribution in [1.29, 1.82) is 0 Å². The van der Waals surface area contributed by atoms with Crippen LogP contribution in [0.5, 0.6) is 0 Å². The second-order valence-electron chi connectivity index (χ2n) is 5.64. The van der Waals surface area contributed by atoms with E-state index in [1.54, 1.807) is 11.3 Å². The van der Waals surface area contributed by atoms with Crippen LogP contribution in [0.25, 0.3) is 0 Å². The highest BCUT2D eigenvalue weighted by Crippen LogP contribution is 2.33. The highest BCUT2D eigenvalue weighted by molar-refractivity contribution is 7.10. The van der Waals surface area contributed by atoms with E-state index >= 15 is 0 Å². The van der Waals surface area contributed by atoms with E-state index in [9.17, 15) is 0 Å². The molecule has 3 heteroatoms. The molecule has 1 aromatic carbocycles. The van der Waals surface area contributed by atoms with E-state index in [-0.39, 0.29) is 0 Å². The summed E-state index contributed by atoms with van der Waals surface area (Å²) in [5, 5.41) is 5.74. The van der Waals surface area contributed by atoms with Crippen molar-refractivity contribution >= 4 is 17.0 Å². The molecule has 0 spiro atoms. The first-order valence-corrected chi connectivity index (χ1v) is 8.31. The zero-order valence-electron chi connectivity index (χ0n) is 11.7. The van der Waals surface area contributed by atoms with Gasteiger partial charge in [0.15, 0.2) is 0 Å². The summed E-state index contributed by atoms with van der Waals surface area (Å²) in [6.07, 6.45) is 5.12. The topological polar surface area (TPSA) is 38.0 Å². The van der Waals surface area contributed by atoms with Crippen molar-refractivity contribution in [1.82, 2.24) is 5.32 Å². The van der Waals surface area contributed by atoms with Crippen LogP contribution >= 0.6 is 11.3 Å². The quantitative estimate of drug-likeness (QED) is 0.886. The highest BCUT2D eigenvalue weighted by atomic mass is 32.1. The van der Waals surface area contributed by atoms with Crippen molar-refractivity contribution in [2.75, 3.05) is 5.73 Å². The zero-order chi connectivity index (χ0) is 13.8. The monoisotopic (exact) mass is 286 g/mol. The molecule has 0 atom stereocenters. The third-order valence-electron chi connectivity index (χ3n) is 4.33. The zero-order valence-corrected chi connectivity index (χ0v) is 12.5. The van der Waals surface area contributed by atoms with Crippen molar-refractivity contribution in [3.8, 4) is 0 Å². The maximum absolute atomic E-state index is 5.92. The van der Waals surface area contributed by atoms with Gasteiger partial charge in [0.05, 0.1) is 0 Å². The molecule has 1 heterocycles. The average molecular weight is 286 g/mol. The first kappa shape index (κ1) is 13.7. The Bertz CT molecular complexity index is 527. The number of anilines is 1. The largest absolute Gasteiger partial charge is 0.398 e. The van der Waals surface area contributed by atoms with E-state index in [0.717, 1.165) is 18.2 Å². The number of hydrogen-bond donors (Lipinski definition) is 2. The molecule has 1 aromatic heterocycles. The Morgan fingerprint density at radius 2 is 1.80 bits per heavy atom. The molecule has 2 nitrogen and oxygen atoms in total. The van der Waals surface area contributed by atoms with Crippen molar-refractivity contribution in [3.05, 3.63) is 52.2 Å². The van der Waals surface area contributed by atoms with Crippen molar-refractivity contribution in [2.24, 2.45) is 0 Å². The van der Waals surface area contributed by atoms with Crippen LogP contribution in [0.2, 0.25) is 0 Å². The SMILES string of the molecule is Nc1ccsc1CNC1CCC(c2ccccc2)CC1. The third-order valence-corrected chi connectivity index (χ3v) is 5.27. The number of hydrogen-bond acceptors (Lipinski definition) is 3. The molecule has 0 radical (unpaired) electrons. The van der Waals surface area contributed by atoms with Crippen molar-refractivity contribution in [2.45, 2.75) is 44.2 Å². The van der Waals surface area contributed by atoms with Gasteiger partial charge >= 0.3 is 0 Å². The van der Waals surface area contributed by atoms with Gasteiger partial charge < -0.3 is 11.1 Å². The first-order valence-electron chi connectivity index (χ1n) is 7.43. The Morgan fingerprint density at radius 3 is 2.45 bits per heavy atom. The minimum Gasteiger partial charge on any atom is -0.398 e. The molecule has 3 N–H and O–H groups in total. The standard InChI is InChI=1S/C17H22N2S/c18-16-10-11-20-17(16)12-19-15-8-6-14(7-9-15)13-4-2-1-3-5-13/h1-5,10-11,14-15,19H,6-9,12,18H2. The minimum atomic E-state index is 0.650. The van der Waals surface area contributed by atoms with Crippen LogP contribution < -0.4 is 11.1 Å². The summed E-state index contributed by atoms with van der Waals surface area (Å²) in [4.78, 5) is 1.27. The molecule has 1 saturated carbocycles. The third kappa shape index (κ3) is 3.22. The van der Waals surface area contributed by atoms with Crippen LogP contribution in [0.1, 0.15) is 42.0 Å². The first-order chi connectivity index (χ1) is 9.83. The second kappa shape index (κ2) is 6.42. The Labute approximate surface area is 125 Å². The lowest BCUT2D eigenvalue weighted by molar-refractivity contribution is 0.342. The number of rotatable bonds is 4. The Morgan fingerprint density at radius 1 is 1.05 bits per heavy atom. The van der Waals surface area contributed by atoms with Gasteiger partial charge in [0, 0.05) is 23.2 Å². The van der Waals surface area contributed by atoms with Crippen LogP contribution in [0.15, 0.2) is 41.8 Å². The summed E-state index contributed by atoms with van der Waals surface area (Å²) in [6, 6.07) is 13.6. The molecule has 106 valence electrons. The maximum atomic E-state index is 5.92. The molecule has 2 aromatic rings. The molecule has 0 bridgehead atoms. The Kier molecular flexibility index (Phi) is 4.38. The second-order valence-corrected chi connectivity index (χ2v) is 6.64. The van der Waals surface area contributed by atoms with Gasteiger partial charge in [-0.3, -0.25) is 0 Å². The predicted octanol–water partition coefficient (Wildman–Crippen LogP) is 4.15. The fraction of sp³-hybridized carbons (Fsp3) is 0.412. The van der Waals surface area contributed by atoms with Crippen LogP contribution in [-0.2, 0) is 6.54 Å². The molecule has 1 aliphatic carbocycles. The molecule has 0 amide bonds. The molecule has 3 rings (SSSR count). The van der Waals surface area contributed by atoms with Gasteiger partial charge in [-0.1, -0.05) is 30.3 Å². The van der Waals surface area contributed by atoms with E-state index in [4.69, 9.17) is 5.73 Å². The lowest BCUT2D eigenvalue weighted by Crippen LogP contribution is -2.32. The van der Waals surface area contributed by atoms with Gasteiger partial charge in [0.25, 0.3) is 0 Å². The van der Waals surface area contributed by atoms with Gasteiger partial charge in [-0.25, -0.2) is 0 Å². The molecule has 1 fully saturated rings. The van der Waals surface area contributed by atoms with E-state index in [2.05, 4.69) is 41.0 Å². The Hall–Kier alpha value is -1.32. The summed E-state index contributed by atoms with van der Waals surface area (Å²) >= 11 is 1.75. The summed E-state index contributed by atoms with van der Waals surface area (Å²) in [6.45, 7) is 0.921. The highest BCUT2D eigenvalue weighted by Gasteiger charge is 2.21. The molecule has 0 unspecified atom stereocenters. The van der Waals surface area contributed by atoms with Crippen LogP contribution in [0.4, 0.5) is 5.69 Å². The van der Waals surface area contributed by atoms with E-state index in [0.29, 0.717) is 6.04 Å². The summed E-state index contributed by atoms with van der Waals surface area (Å²) in [7, 11) is 0. The normalized spacial score (nSPS) is 22.8. The summed E-state index contributed by atoms with van der Waals surface area (Å²) in [5.41, 5.74) is 8.36. The minimum absolute atomic E-state index is 0.650. The van der Waals surface area contributed by atoms with Crippen molar-refractivity contribution < 1.29 is 0 Å². The summed E-state index contributed by atoms with van der Waals surface area (Å²) in [5.74, 6) is 0.751. The fourth-order valence-electron chi connectivity index (χ4n) is 3.09. The van der Waals surface area contributed by atoms with Gasteiger partial charge in [0.2, 0.25) is 0 Å². The van der Waals surface area contributed by atoms with Crippen LogP contribution in [0, 0.1) is 0 Å². The molecular weight excluding hydrogens is 264 g/mol. The maximum Gasteiger partial charge on any atom is 0.0468 e. The van der Waals surface area contributed by atoms with E-state index < -0.39 is 0 Å². The number of nitrogens with one attached hydrogen (secondary N) is 1.